The van der Waals surface area contributed by atoms with Gasteiger partial charge in [0.05, 0.1) is 28.9 Å². The zero-order valence-corrected chi connectivity index (χ0v) is 9.99. The van der Waals surface area contributed by atoms with Crippen molar-refractivity contribution in [3.05, 3.63) is 47.1 Å². The normalized spacial score (nSPS) is 11.2. The number of furan rings is 1. The fourth-order valence-electron chi connectivity index (χ4n) is 1.86. The van der Waals surface area contributed by atoms with Gasteiger partial charge in [-0.05, 0) is 18.2 Å². The molecule has 0 aliphatic heterocycles. The predicted octanol–water partition coefficient (Wildman–Crippen LogP) is 3.05. The van der Waals surface area contributed by atoms with Crippen LogP contribution in [0.1, 0.15) is 5.76 Å². The molecule has 0 spiro atoms. The van der Waals surface area contributed by atoms with E-state index in [1.54, 1.807) is 16.9 Å². The Labute approximate surface area is 107 Å². The number of aromatic nitrogens is 2. The van der Waals surface area contributed by atoms with Crippen LogP contribution in [-0.4, -0.2) is 9.55 Å². The molecule has 2 aromatic heterocycles. The lowest BCUT2D eigenvalue weighted by Crippen LogP contribution is -2.03. The average molecular weight is 266 g/mol. The van der Waals surface area contributed by atoms with Crippen molar-refractivity contribution < 1.29 is 8.81 Å². The number of halogens is 2. The van der Waals surface area contributed by atoms with E-state index in [-0.39, 0.29) is 5.02 Å². The molecule has 0 aliphatic rings. The van der Waals surface area contributed by atoms with E-state index in [1.807, 2.05) is 6.07 Å². The third kappa shape index (κ3) is 1.73. The number of nitrogens with zero attached hydrogens (tertiary/aromatic N) is 2. The molecule has 0 radical (unpaired) electrons. The van der Waals surface area contributed by atoms with Crippen molar-refractivity contribution in [1.82, 2.24) is 9.55 Å². The van der Waals surface area contributed by atoms with Crippen LogP contribution in [0.25, 0.3) is 11.0 Å². The third-order valence-corrected chi connectivity index (χ3v) is 3.00. The Morgan fingerprint density at radius 1 is 1.44 bits per heavy atom. The van der Waals surface area contributed by atoms with Crippen molar-refractivity contribution in [2.75, 3.05) is 5.73 Å². The minimum atomic E-state index is -0.508. The summed E-state index contributed by atoms with van der Waals surface area (Å²) in [4.78, 5) is 4.10. The first-order valence-electron chi connectivity index (χ1n) is 5.28. The topological polar surface area (TPSA) is 57.0 Å². The largest absolute Gasteiger partial charge is 0.467 e. The maximum atomic E-state index is 13.3. The smallest absolute Gasteiger partial charge is 0.201 e. The SMILES string of the molecule is Nc1nc2cc(F)c(Cl)cc2n1Cc1ccco1. The summed E-state index contributed by atoms with van der Waals surface area (Å²) in [6.07, 6.45) is 1.58. The van der Waals surface area contributed by atoms with Gasteiger partial charge in [-0.3, -0.25) is 0 Å². The summed E-state index contributed by atoms with van der Waals surface area (Å²) in [5.41, 5.74) is 6.96. The second kappa shape index (κ2) is 4.03. The van der Waals surface area contributed by atoms with E-state index >= 15 is 0 Å². The average Bonchev–Trinajstić information content (AvgIpc) is 2.92. The van der Waals surface area contributed by atoms with E-state index in [9.17, 15) is 4.39 Å². The Morgan fingerprint density at radius 3 is 3.00 bits per heavy atom. The molecule has 0 bridgehead atoms. The van der Waals surface area contributed by atoms with E-state index in [1.165, 1.54) is 12.1 Å². The van der Waals surface area contributed by atoms with Gasteiger partial charge in [0.2, 0.25) is 5.95 Å². The molecule has 0 unspecified atom stereocenters. The highest BCUT2D eigenvalue weighted by atomic mass is 35.5. The zero-order chi connectivity index (χ0) is 12.7. The van der Waals surface area contributed by atoms with Crippen molar-refractivity contribution in [3.63, 3.8) is 0 Å². The number of hydrogen-bond donors (Lipinski definition) is 1. The highest BCUT2D eigenvalue weighted by Crippen LogP contribution is 2.25. The Balaban J connectivity index is 2.16. The second-order valence-corrected chi connectivity index (χ2v) is 4.30. The highest BCUT2D eigenvalue weighted by Gasteiger charge is 2.12. The summed E-state index contributed by atoms with van der Waals surface area (Å²) in [6, 6.07) is 6.40. The van der Waals surface area contributed by atoms with Crippen LogP contribution in [0.2, 0.25) is 5.02 Å². The maximum Gasteiger partial charge on any atom is 0.201 e. The lowest BCUT2D eigenvalue weighted by Gasteiger charge is -2.04. The number of hydrogen-bond acceptors (Lipinski definition) is 3. The van der Waals surface area contributed by atoms with E-state index in [0.29, 0.717) is 23.5 Å². The minimum Gasteiger partial charge on any atom is -0.467 e. The molecule has 4 nitrogen and oxygen atoms in total. The van der Waals surface area contributed by atoms with Crippen LogP contribution in [0.4, 0.5) is 10.3 Å². The third-order valence-electron chi connectivity index (χ3n) is 2.71. The molecule has 18 heavy (non-hydrogen) atoms. The molecule has 0 saturated heterocycles. The molecule has 1 aromatic carbocycles. The number of nitrogens with two attached hydrogens (primary N) is 1. The zero-order valence-electron chi connectivity index (χ0n) is 9.23. The summed E-state index contributed by atoms with van der Waals surface area (Å²) in [5, 5.41) is 0.0445. The Morgan fingerprint density at radius 2 is 2.28 bits per heavy atom. The Hall–Kier alpha value is -2.01. The van der Waals surface area contributed by atoms with E-state index < -0.39 is 5.82 Å². The van der Waals surface area contributed by atoms with Crippen LogP contribution in [-0.2, 0) is 6.54 Å². The molecule has 3 aromatic rings. The fourth-order valence-corrected chi connectivity index (χ4v) is 2.02. The monoisotopic (exact) mass is 265 g/mol. The van der Waals surface area contributed by atoms with Crippen LogP contribution >= 0.6 is 11.6 Å². The molecular formula is C12H9ClFN3O. The van der Waals surface area contributed by atoms with Gasteiger partial charge in [-0.1, -0.05) is 11.6 Å². The minimum absolute atomic E-state index is 0.0445. The summed E-state index contributed by atoms with van der Waals surface area (Å²) in [6.45, 7) is 0.428. The van der Waals surface area contributed by atoms with Crippen LogP contribution in [0, 0.1) is 5.82 Å². The van der Waals surface area contributed by atoms with Gasteiger partial charge in [0.15, 0.2) is 0 Å². The maximum absolute atomic E-state index is 13.3. The predicted molar refractivity (Wildman–Crippen MR) is 66.9 cm³/mol. The van der Waals surface area contributed by atoms with Crippen LogP contribution < -0.4 is 5.73 Å². The molecule has 3 rings (SSSR count). The van der Waals surface area contributed by atoms with Gasteiger partial charge in [0.25, 0.3) is 0 Å². The summed E-state index contributed by atoms with van der Waals surface area (Å²) < 4.78 is 20.3. The van der Waals surface area contributed by atoms with Crippen LogP contribution in [0.15, 0.2) is 34.9 Å². The number of fused-ring (bicyclic) bond motifs is 1. The fraction of sp³-hybridized carbons (Fsp3) is 0.0833. The van der Waals surface area contributed by atoms with Crippen molar-refractivity contribution in [2.24, 2.45) is 0 Å². The summed E-state index contributed by atoms with van der Waals surface area (Å²) in [7, 11) is 0. The van der Waals surface area contributed by atoms with Gasteiger partial charge in [0.1, 0.15) is 11.6 Å². The lowest BCUT2D eigenvalue weighted by molar-refractivity contribution is 0.497. The molecule has 0 amide bonds. The van der Waals surface area contributed by atoms with E-state index in [0.717, 1.165) is 5.76 Å². The second-order valence-electron chi connectivity index (χ2n) is 3.89. The quantitative estimate of drug-likeness (QED) is 0.775. The van der Waals surface area contributed by atoms with Crippen LogP contribution in [0.3, 0.4) is 0 Å². The van der Waals surface area contributed by atoms with Gasteiger partial charge >= 0.3 is 0 Å². The molecule has 92 valence electrons. The van der Waals surface area contributed by atoms with Crippen molar-refractivity contribution in [2.45, 2.75) is 6.54 Å². The molecule has 2 heterocycles. The lowest BCUT2D eigenvalue weighted by atomic mass is 10.3. The highest BCUT2D eigenvalue weighted by molar-refractivity contribution is 6.31. The molecule has 0 fully saturated rings. The van der Waals surface area contributed by atoms with Crippen molar-refractivity contribution in [1.29, 1.82) is 0 Å². The van der Waals surface area contributed by atoms with Crippen molar-refractivity contribution >= 4 is 28.6 Å². The first-order chi connectivity index (χ1) is 8.65. The van der Waals surface area contributed by atoms with E-state index in [4.69, 9.17) is 21.8 Å². The molecular weight excluding hydrogens is 257 g/mol. The van der Waals surface area contributed by atoms with Crippen LogP contribution in [0.5, 0.6) is 0 Å². The molecule has 0 atom stereocenters. The van der Waals surface area contributed by atoms with Gasteiger partial charge in [-0.15, -0.1) is 0 Å². The first-order valence-corrected chi connectivity index (χ1v) is 5.66. The van der Waals surface area contributed by atoms with Crippen molar-refractivity contribution in [3.8, 4) is 0 Å². The molecule has 0 aliphatic carbocycles. The van der Waals surface area contributed by atoms with Gasteiger partial charge in [-0.25, -0.2) is 9.37 Å². The van der Waals surface area contributed by atoms with Gasteiger partial charge < -0.3 is 14.7 Å². The number of benzene rings is 1. The number of anilines is 1. The summed E-state index contributed by atoms with van der Waals surface area (Å²) in [5.74, 6) is 0.524. The first kappa shape index (κ1) is 11.1. The van der Waals surface area contributed by atoms with Gasteiger partial charge in [0, 0.05) is 6.07 Å². The molecule has 2 N–H and O–H groups in total. The Bertz CT molecular complexity index is 706. The van der Waals surface area contributed by atoms with E-state index in [2.05, 4.69) is 4.98 Å². The Kier molecular flexibility index (Phi) is 2.48. The van der Waals surface area contributed by atoms with Gasteiger partial charge in [-0.2, -0.15) is 0 Å². The summed E-state index contributed by atoms with van der Waals surface area (Å²) >= 11 is 5.77. The molecule has 6 heteroatoms. The molecule has 0 saturated carbocycles. The number of nitrogen functional groups attached to an aromatic ring is 1. The number of rotatable bonds is 2. The number of imidazole rings is 1. The standard InChI is InChI=1S/C12H9ClFN3O/c13-8-4-11-10(5-9(8)14)16-12(15)17(11)6-7-2-1-3-18-7/h1-5H,6H2,(H2,15,16).